The summed E-state index contributed by atoms with van der Waals surface area (Å²) in [5.41, 5.74) is 4.42. The molecule has 0 saturated carbocycles. The molecule has 1 aliphatic heterocycles. The van der Waals surface area contributed by atoms with Gasteiger partial charge in [0.2, 0.25) is 11.8 Å². The molecule has 0 bridgehead atoms. The number of primary amides is 1. The summed E-state index contributed by atoms with van der Waals surface area (Å²) >= 11 is 0. The first-order valence-electron chi connectivity index (χ1n) is 8.00. The Morgan fingerprint density at radius 1 is 1.43 bits per heavy atom. The van der Waals surface area contributed by atoms with Crippen molar-refractivity contribution in [3.05, 3.63) is 0 Å². The predicted octanol–water partition coefficient (Wildman–Crippen LogP) is 0.405. The van der Waals surface area contributed by atoms with Gasteiger partial charge >= 0.3 is 0 Å². The molecule has 7 heteroatoms. The Morgan fingerprint density at radius 3 is 2.39 bits per heavy atom. The average molecular weight is 325 g/mol. The number of carbonyl (C=O) groups excluding carboxylic acids is 2. The third-order valence-corrected chi connectivity index (χ3v) is 4.21. The number of hydrogen-bond acceptors (Lipinski definition) is 3. The minimum Gasteiger partial charge on any atom is -0.369 e. The number of guanidine groups is 1. The summed E-state index contributed by atoms with van der Waals surface area (Å²) in [7, 11) is 1.67. The van der Waals surface area contributed by atoms with Crippen LogP contribution in [0.1, 0.15) is 41.5 Å². The summed E-state index contributed by atoms with van der Waals surface area (Å²) in [5.74, 6) is 0.319. The highest BCUT2D eigenvalue weighted by Gasteiger charge is 2.41. The quantitative estimate of drug-likeness (QED) is 0.578. The van der Waals surface area contributed by atoms with E-state index in [1.165, 1.54) is 0 Å². The maximum absolute atomic E-state index is 12.5. The molecule has 3 N–H and O–H groups in total. The number of piperazine rings is 1. The average Bonchev–Trinajstić information content (AvgIpc) is 2.36. The number of hydrogen-bond donors (Lipinski definition) is 2. The van der Waals surface area contributed by atoms with Crippen LogP contribution in [0.5, 0.6) is 0 Å². The van der Waals surface area contributed by atoms with Crippen molar-refractivity contribution in [2.75, 3.05) is 26.7 Å². The van der Waals surface area contributed by atoms with Gasteiger partial charge in [-0.25, -0.2) is 0 Å². The first-order valence-corrected chi connectivity index (χ1v) is 8.00. The number of amides is 2. The molecule has 1 aliphatic rings. The summed E-state index contributed by atoms with van der Waals surface area (Å²) < 4.78 is 0. The van der Waals surface area contributed by atoms with Crippen molar-refractivity contribution in [3.63, 3.8) is 0 Å². The van der Waals surface area contributed by atoms with Gasteiger partial charge in [-0.1, -0.05) is 0 Å². The molecule has 1 heterocycles. The first kappa shape index (κ1) is 19.3. The van der Waals surface area contributed by atoms with E-state index < -0.39 is 5.41 Å². The van der Waals surface area contributed by atoms with Crippen molar-refractivity contribution < 1.29 is 9.59 Å². The van der Waals surface area contributed by atoms with Crippen LogP contribution >= 0.6 is 0 Å². The van der Waals surface area contributed by atoms with Crippen molar-refractivity contribution in [2.24, 2.45) is 16.1 Å². The zero-order valence-electron chi connectivity index (χ0n) is 15.4. The van der Waals surface area contributed by atoms with Gasteiger partial charge in [0.05, 0.1) is 17.5 Å². The number of nitrogens with one attached hydrogen (secondary N) is 1. The maximum Gasteiger partial charge on any atom is 0.242 e. The van der Waals surface area contributed by atoms with Gasteiger partial charge in [0, 0.05) is 26.2 Å². The normalized spacial score (nSPS) is 19.3. The molecular weight excluding hydrogens is 294 g/mol. The van der Waals surface area contributed by atoms with Gasteiger partial charge in [0.1, 0.15) is 0 Å². The molecule has 1 saturated heterocycles. The van der Waals surface area contributed by atoms with E-state index in [1.807, 2.05) is 23.6 Å². The summed E-state index contributed by atoms with van der Waals surface area (Å²) in [5, 5.41) is 3.17. The van der Waals surface area contributed by atoms with Gasteiger partial charge in [-0.05, 0) is 41.5 Å². The second kappa shape index (κ2) is 6.76. The fourth-order valence-corrected chi connectivity index (χ4v) is 3.03. The zero-order valence-corrected chi connectivity index (χ0v) is 15.4. The molecule has 0 aromatic rings. The summed E-state index contributed by atoms with van der Waals surface area (Å²) in [6, 6.07) is 0.156. The minimum absolute atomic E-state index is 0.0772. The largest absolute Gasteiger partial charge is 0.369 e. The highest BCUT2D eigenvalue weighted by molar-refractivity contribution is 5.89. The summed E-state index contributed by atoms with van der Waals surface area (Å²) in [6.45, 7) is 13.0. The molecule has 0 radical (unpaired) electrons. The van der Waals surface area contributed by atoms with Gasteiger partial charge in [0.15, 0.2) is 5.96 Å². The lowest BCUT2D eigenvalue weighted by Crippen LogP contribution is -2.66. The topological polar surface area (TPSA) is 91.0 Å². The Labute approximate surface area is 139 Å². The SMILES string of the molecule is CN=C(NCC(C)(C)C(N)=O)N1CC(=O)N(C(C)C)C(C)(C)C1. The van der Waals surface area contributed by atoms with E-state index in [0.29, 0.717) is 19.0 Å². The molecule has 0 aromatic heterocycles. The van der Waals surface area contributed by atoms with Gasteiger partial charge in [-0.15, -0.1) is 0 Å². The van der Waals surface area contributed by atoms with Crippen molar-refractivity contribution in [2.45, 2.75) is 53.1 Å². The Kier molecular flexibility index (Phi) is 5.66. The van der Waals surface area contributed by atoms with Crippen LogP contribution in [0.2, 0.25) is 0 Å². The predicted molar refractivity (Wildman–Crippen MR) is 92.0 cm³/mol. The molecule has 7 nitrogen and oxygen atoms in total. The summed E-state index contributed by atoms with van der Waals surface area (Å²) in [4.78, 5) is 32.1. The number of nitrogens with two attached hydrogens (primary N) is 1. The van der Waals surface area contributed by atoms with Crippen LogP contribution in [-0.4, -0.2) is 65.8 Å². The summed E-state index contributed by atoms with van der Waals surface area (Å²) in [6.07, 6.45) is 0. The van der Waals surface area contributed by atoms with Crippen molar-refractivity contribution in [1.29, 1.82) is 0 Å². The highest BCUT2D eigenvalue weighted by atomic mass is 16.2. The maximum atomic E-state index is 12.5. The van der Waals surface area contributed by atoms with E-state index in [0.717, 1.165) is 0 Å². The molecule has 2 amide bonds. The second-order valence-electron chi connectivity index (χ2n) is 7.67. The standard InChI is InChI=1S/C16H31N5O2/c1-11(2)21-12(22)8-20(10-16(21,5)6)14(18-7)19-9-15(3,4)13(17)23/h11H,8-10H2,1-7H3,(H2,17,23)(H,18,19). The Hall–Kier alpha value is -1.79. The number of carbonyl (C=O) groups is 2. The molecule has 23 heavy (non-hydrogen) atoms. The van der Waals surface area contributed by atoms with Crippen LogP contribution in [0.4, 0.5) is 0 Å². The third-order valence-electron chi connectivity index (χ3n) is 4.21. The smallest absolute Gasteiger partial charge is 0.242 e. The lowest BCUT2D eigenvalue weighted by molar-refractivity contribution is -0.145. The van der Waals surface area contributed by atoms with Crippen molar-refractivity contribution in [1.82, 2.24) is 15.1 Å². The fraction of sp³-hybridized carbons (Fsp3) is 0.812. The van der Waals surface area contributed by atoms with Crippen molar-refractivity contribution in [3.8, 4) is 0 Å². The van der Waals surface area contributed by atoms with Gasteiger partial charge in [-0.2, -0.15) is 0 Å². The van der Waals surface area contributed by atoms with Gasteiger partial charge in [-0.3, -0.25) is 14.6 Å². The van der Waals surface area contributed by atoms with Crippen LogP contribution in [-0.2, 0) is 9.59 Å². The number of aliphatic imine (C=N–C) groups is 1. The molecule has 0 aromatic carbocycles. The van der Waals surface area contributed by atoms with Gasteiger partial charge < -0.3 is 20.9 Å². The van der Waals surface area contributed by atoms with Crippen LogP contribution in [0.3, 0.4) is 0 Å². The van der Waals surface area contributed by atoms with E-state index in [9.17, 15) is 9.59 Å². The third kappa shape index (κ3) is 4.36. The van der Waals surface area contributed by atoms with Crippen LogP contribution in [0.15, 0.2) is 4.99 Å². The van der Waals surface area contributed by atoms with E-state index in [1.54, 1.807) is 20.9 Å². The number of nitrogens with zero attached hydrogens (tertiary/aromatic N) is 3. The van der Waals surface area contributed by atoms with E-state index in [-0.39, 0.29) is 29.9 Å². The molecule has 132 valence electrons. The molecular formula is C16H31N5O2. The molecule has 0 aliphatic carbocycles. The minimum atomic E-state index is -0.685. The zero-order chi connectivity index (χ0) is 18.0. The monoisotopic (exact) mass is 325 g/mol. The van der Waals surface area contributed by atoms with E-state index in [2.05, 4.69) is 24.2 Å². The Balaban J connectivity index is 2.86. The second-order valence-corrected chi connectivity index (χ2v) is 7.67. The number of rotatable bonds is 4. The lowest BCUT2D eigenvalue weighted by atomic mass is 9.93. The molecule has 0 spiro atoms. The van der Waals surface area contributed by atoms with Crippen molar-refractivity contribution >= 4 is 17.8 Å². The van der Waals surface area contributed by atoms with Crippen LogP contribution in [0, 0.1) is 5.41 Å². The van der Waals surface area contributed by atoms with E-state index in [4.69, 9.17) is 5.73 Å². The molecule has 0 atom stereocenters. The molecule has 1 fully saturated rings. The first-order chi connectivity index (χ1) is 10.4. The fourth-order valence-electron chi connectivity index (χ4n) is 3.03. The van der Waals surface area contributed by atoms with Crippen LogP contribution in [0.25, 0.3) is 0 Å². The highest BCUT2D eigenvalue weighted by Crippen LogP contribution is 2.24. The molecule has 1 rings (SSSR count). The van der Waals surface area contributed by atoms with Gasteiger partial charge in [0.25, 0.3) is 0 Å². The Morgan fingerprint density at radius 2 is 2.00 bits per heavy atom. The molecule has 0 unspecified atom stereocenters. The lowest BCUT2D eigenvalue weighted by Gasteiger charge is -2.49. The van der Waals surface area contributed by atoms with Crippen LogP contribution < -0.4 is 11.1 Å². The van der Waals surface area contributed by atoms with E-state index >= 15 is 0 Å². The Bertz CT molecular complexity index is 497.